The van der Waals surface area contributed by atoms with E-state index in [-0.39, 0.29) is 5.60 Å². The van der Waals surface area contributed by atoms with E-state index in [4.69, 9.17) is 10.5 Å². The molecule has 1 aromatic rings. The molecule has 1 aliphatic rings. The summed E-state index contributed by atoms with van der Waals surface area (Å²) in [5.41, 5.74) is 6.93. The Kier molecular flexibility index (Phi) is 4.00. The molecule has 2 nitrogen and oxygen atoms in total. The molecule has 0 amide bonds. The number of hydrogen-bond acceptors (Lipinski definition) is 2. The zero-order valence-corrected chi connectivity index (χ0v) is 11.0. The van der Waals surface area contributed by atoms with Crippen LogP contribution in [-0.2, 0) is 11.3 Å². The Morgan fingerprint density at radius 1 is 1.38 bits per heavy atom. The molecule has 2 N–H and O–H groups in total. The van der Waals surface area contributed by atoms with Crippen LogP contribution in [0.15, 0.2) is 28.7 Å². The molecule has 0 heterocycles. The summed E-state index contributed by atoms with van der Waals surface area (Å²) in [6.45, 7) is 1.41. The molecule has 2 rings (SSSR count). The van der Waals surface area contributed by atoms with Crippen LogP contribution >= 0.6 is 15.9 Å². The molecule has 1 saturated carbocycles. The zero-order valence-electron chi connectivity index (χ0n) is 9.42. The minimum atomic E-state index is 0.0804. The second-order valence-electron chi connectivity index (χ2n) is 4.49. The fourth-order valence-corrected chi connectivity index (χ4v) is 2.61. The predicted octanol–water partition coefficient (Wildman–Crippen LogP) is 3.24. The number of rotatable bonds is 5. The van der Waals surface area contributed by atoms with Gasteiger partial charge in [0.1, 0.15) is 0 Å². The van der Waals surface area contributed by atoms with Gasteiger partial charge < -0.3 is 10.5 Å². The van der Waals surface area contributed by atoms with Crippen molar-refractivity contribution >= 4 is 15.9 Å². The number of ether oxygens (including phenoxy) is 1. The van der Waals surface area contributed by atoms with Crippen LogP contribution in [0, 0.1) is 0 Å². The average Bonchev–Trinajstić information content (AvgIpc) is 2.22. The Balaban J connectivity index is 1.91. The highest BCUT2D eigenvalue weighted by Crippen LogP contribution is 2.38. The molecule has 3 heteroatoms. The molecule has 1 aromatic carbocycles. The van der Waals surface area contributed by atoms with E-state index < -0.39 is 0 Å². The second-order valence-corrected chi connectivity index (χ2v) is 5.41. The maximum absolute atomic E-state index is 6.05. The lowest BCUT2D eigenvalue weighted by molar-refractivity contribution is -0.112. The lowest BCUT2D eigenvalue weighted by atomic mass is 9.77. The van der Waals surface area contributed by atoms with Gasteiger partial charge in [0.25, 0.3) is 0 Å². The fourth-order valence-electron chi connectivity index (χ4n) is 2.16. The van der Waals surface area contributed by atoms with Crippen LogP contribution < -0.4 is 5.73 Å². The van der Waals surface area contributed by atoms with Crippen LogP contribution in [0.4, 0.5) is 0 Å². The molecule has 0 saturated heterocycles. The highest BCUT2D eigenvalue weighted by molar-refractivity contribution is 9.10. The van der Waals surface area contributed by atoms with Crippen molar-refractivity contribution in [3.05, 3.63) is 34.3 Å². The third-order valence-electron chi connectivity index (χ3n) is 3.30. The normalized spacial score (nSPS) is 18.1. The van der Waals surface area contributed by atoms with E-state index >= 15 is 0 Å². The van der Waals surface area contributed by atoms with E-state index in [1.54, 1.807) is 0 Å². The van der Waals surface area contributed by atoms with Crippen LogP contribution in [0.25, 0.3) is 0 Å². The number of nitrogens with two attached hydrogens (primary N) is 1. The van der Waals surface area contributed by atoms with E-state index in [0.717, 1.165) is 30.3 Å². The summed E-state index contributed by atoms with van der Waals surface area (Å²) in [6, 6.07) is 8.27. The molecule has 0 bridgehead atoms. The van der Waals surface area contributed by atoms with Crippen molar-refractivity contribution in [2.24, 2.45) is 5.73 Å². The summed E-state index contributed by atoms with van der Waals surface area (Å²) >= 11 is 3.47. The van der Waals surface area contributed by atoms with Crippen LogP contribution in [0.1, 0.15) is 31.2 Å². The zero-order chi connectivity index (χ0) is 11.4. The van der Waals surface area contributed by atoms with Gasteiger partial charge in [-0.3, -0.25) is 0 Å². The van der Waals surface area contributed by atoms with Crippen molar-refractivity contribution in [3.63, 3.8) is 0 Å². The summed E-state index contributed by atoms with van der Waals surface area (Å²) in [4.78, 5) is 0. The molecular weight excluding hydrogens is 266 g/mol. The Bertz CT molecular complexity index is 350. The maximum Gasteiger partial charge on any atom is 0.0724 e. The molecular formula is C13H18BrNO. The molecule has 88 valence electrons. The first-order valence-electron chi connectivity index (χ1n) is 5.83. The van der Waals surface area contributed by atoms with Crippen molar-refractivity contribution in [1.82, 2.24) is 0 Å². The summed E-state index contributed by atoms with van der Waals surface area (Å²) in [5.74, 6) is 0. The van der Waals surface area contributed by atoms with Crippen molar-refractivity contribution in [2.75, 3.05) is 6.54 Å². The summed E-state index contributed by atoms with van der Waals surface area (Å²) in [7, 11) is 0. The largest absolute Gasteiger partial charge is 0.370 e. The van der Waals surface area contributed by atoms with Crippen LogP contribution in [0.2, 0.25) is 0 Å². The van der Waals surface area contributed by atoms with Crippen molar-refractivity contribution in [3.8, 4) is 0 Å². The molecule has 0 atom stereocenters. The average molecular weight is 284 g/mol. The Morgan fingerprint density at radius 2 is 2.19 bits per heavy atom. The molecule has 0 aliphatic heterocycles. The molecule has 0 radical (unpaired) electrons. The van der Waals surface area contributed by atoms with Crippen molar-refractivity contribution in [2.45, 2.75) is 37.9 Å². The monoisotopic (exact) mass is 283 g/mol. The fraction of sp³-hybridized carbons (Fsp3) is 0.538. The van der Waals surface area contributed by atoms with Crippen molar-refractivity contribution < 1.29 is 4.74 Å². The van der Waals surface area contributed by atoms with E-state index in [9.17, 15) is 0 Å². The molecule has 16 heavy (non-hydrogen) atoms. The summed E-state index contributed by atoms with van der Waals surface area (Å²) < 4.78 is 7.15. The van der Waals surface area contributed by atoms with Crippen LogP contribution in [0.5, 0.6) is 0 Å². The van der Waals surface area contributed by atoms with E-state index in [0.29, 0.717) is 6.61 Å². The SMILES string of the molecule is NCCC1(OCc2cccc(Br)c2)CCC1. The van der Waals surface area contributed by atoms with Gasteiger partial charge in [-0.1, -0.05) is 28.1 Å². The lowest BCUT2D eigenvalue weighted by Crippen LogP contribution is -2.41. The first-order chi connectivity index (χ1) is 7.74. The van der Waals surface area contributed by atoms with Crippen LogP contribution in [0.3, 0.4) is 0 Å². The smallest absolute Gasteiger partial charge is 0.0724 e. The van der Waals surface area contributed by atoms with E-state index in [2.05, 4.69) is 28.1 Å². The Hall–Kier alpha value is -0.380. The first kappa shape index (κ1) is 12.1. The maximum atomic E-state index is 6.05. The Labute approximate surface area is 105 Å². The Morgan fingerprint density at radius 3 is 2.75 bits per heavy atom. The number of benzene rings is 1. The minimum Gasteiger partial charge on any atom is -0.370 e. The second kappa shape index (κ2) is 5.30. The van der Waals surface area contributed by atoms with Crippen molar-refractivity contribution in [1.29, 1.82) is 0 Å². The molecule has 1 fully saturated rings. The summed E-state index contributed by atoms with van der Waals surface area (Å²) in [5, 5.41) is 0. The minimum absolute atomic E-state index is 0.0804. The standard InChI is InChI=1S/C13H18BrNO/c14-12-4-1-3-11(9-12)10-16-13(7-8-15)5-2-6-13/h1,3-4,9H,2,5-8,10,15H2. The van der Waals surface area contributed by atoms with Gasteiger partial charge in [0.05, 0.1) is 12.2 Å². The number of hydrogen-bond donors (Lipinski definition) is 1. The predicted molar refractivity (Wildman–Crippen MR) is 69.2 cm³/mol. The molecule has 0 unspecified atom stereocenters. The molecule has 1 aliphatic carbocycles. The molecule has 0 spiro atoms. The number of halogens is 1. The van der Waals surface area contributed by atoms with Gasteiger partial charge in [0.2, 0.25) is 0 Å². The quantitative estimate of drug-likeness (QED) is 0.901. The van der Waals surface area contributed by atoms with Gasteiger partial charge in [-0.15, -0.1) is 0 Å². The van der Waals surface area contributed by atoms with Gasteiger partial charge in [-0.25, -0.2) is 0 Å². The van der Waals surface area contributed by atoms with E-state index in [1.807, 2.05) is 12.1 Å². The lowest BCUT2D eigenvalue weighted by Gasteiger charge is -2.41. The van der Waals surface area contributed by atoms with Gasteiger partial charge in [0.15, 0.2) is 0 Å². The molecule has 0 aromatic heterocycles. The van der Waals surface area contributed by atoms with E-state index in [1.165, 1.54) is 12.0 Å². The highest BCUT2D eigenvalue weighted by atomic mass is 79.9. The third kappa shape index (κ3) is 2.84. The van der Waals surface area contributed by atoms with Crippen LogP contribution in [-0.4, -0.2) is 12.1 Å². The topological polar surface area (TPSA) is 35.2 Å². The first-order valence-corrected chi connectivity index (χ1v) is 6.62. The summed E-state index contributed by atoms with van der Waals surface area (Å²) in [6.07, 6.45) is 4.59. The highest BCUT2D eigenvalue weighted by Gasteiger charge is 2.36. The third-order valence-corrected chi connectivity index (χ3v) is 3.79. The van der Waals surface area contributed by atoms with Gasteiger partial charge in [-0.2, -0.15) is 0 Å². The van der Waals surface area contributed by atoms with Gasteiger partial charge in [-0.05, 0) is 49.9 Å². The van der Waals surface area contributed by atoms with Gasteiger partial charge >= 0.3 is 0 Å². The van der Waals surface area contributed by atoms with Gasteiger partial charge in [0, 0.05) is 4.47 Å².